The number of rotatable bonds is 3. The van der Waals surface area contributed by atoms with Crippen molar-refractivity contribution in [1.29, 1.82) is 0 Å². The maximum absolute atomic E-state index is 12.6. The largest absolute Gasteiger partial charge is 0.351 e. The maximum atomic E-state index is 12.6. The minimum Gasteiger partial charge on any atom is -0.291 e. The Kier molecular flexibility index (Phi) is 4.58. The lowest BCUT2D eigenvalue weighted by Crippen LogP contribution is -2.11. The van der Waals surface area contributed by atoms with Crippen molar-refractivity contribution in [3.05, 3.63) is 75.1 Å². The molecule has 0 N–H and O–H groups in total. The molecule has 0 heterocycles. The standard InChI is InChI=1S/C15H11Cl2NO2S/c1-10-6-8-11(9-7-10)21(19,20)15(18-2)12-4-3-5-13(16)14(12)17/h3-9,15H,1H3. The van der Waals surface area contributed by atoms with Gasteiger partial charge in [0.15, 0.2) is 0 Å². The molecule has 0 aromatic heterocycles. The Hall–Kier alpha value is -1.54. The molecular weight excluding hydrogens is 329 g/mol. The van der Waals surface area contributed by atoms with Gasteiger partial charge in [-0.2, -0.15) is 0 Å². The molecule has 1 unspecified atom stereocenters. The van der Waals surface area contributed by atoms with Crippen LogP contribution < -0.4 is 0 Å². The molecule has 108 valence electrons. The van der Waals surface area contributed by atoms with Crippen molar-refractivity contribution in [3.63, 3.8) is 0 Å². The topological polar surface area (TPSA) is 38.5 Å². The van der Waals surface area contributed by atoms with Gasteiger partial charge in [-0.05, 0) is 31.2 Å². The second kappa shape index (κ2) is 6.07. The van der Waals surface area contributed by atoms with Gasteiger partial charge in [-0.15, -0.1) is 0 Å². The Morgan fingerprint density at radius 2 is 1.71 bits per heavy atom. The van der Waals surface area contributed by atoms with E-state index < -0.39 is 15.2 Å². The summed E-state index contributed by atoms with van der Waals surface area (Å²) < 4.78 is 25.2. The quantitative estimate of drug-likeness (QED) is 0.760. The van der Waals surface area contributed by atoms with E-state index >= 15 is 0 Å². The number of hydrogen-bond acceptors (Lipinski definition) is 2. The maximum Gasteiger partial charge on any atom is 0.351 e. The van der Waals surface area contributed by atoms with Gasteiger partial charge in [-0.3, -0.25) is 4.85 Å². The predicted molar refractivity (Wildman–Crippen MR) is 84.2 cm³/mol. The minimum absolute atomic E-state index is 0.0881. The SMILES string of the molecule is [C-]#[N+]C(c1cccc(Cl)c1Cl)S(=O)(=O)c1ccc(C)cc1. The van der Waals surface area contributed by atoms with Gasteiger partial charge in [0.25, 0.3) is 9.84 Å². The molecular formula is C15H11Cl2NO2S. The van der Waals surface area contributed by atoms with Gasteiger partial charge in [0, 0.05) is 0 Å². The minimum atomic E-state index is -3.86. The summed E-state index contributed by atoms with van der Waals surface area (Å²) in [7, 11) is -3.86. The molecule has 2 aromatic rings. The highest BCUT2D eigenvalue weighted by Crippen LogP contribution is 2.37. The monoisotopic (exact) mass is 339 g/mol. The third-order valence-corrected chi connectivity index (χ3v) is 5.72. The zero-order chi connectivity index (χ0) is 15.6. The summed E-state index contributed by atoms with van der Waals surface area (Å²) in [5, 5.41) is -1.09. The molecule has 0 saturated carbocycles. The Morgan fingerprint density at radius 3 is 2.29 bits per heavy atom. The zero-order valence-corrected chi connectivity index (χ0v) is 13.4. The van der Waals surface area contributed by atoms with E-state index in [0.29, 0.717) is 0 Å². The number of hydrogen-bond donors (Lipinski definition) is 0. The zero-order valence-electron chi connectivity index (χ0n) is 11.0. The Balaban J connectivity index is 2.58. The number of halogens is 2. The fraction of sp³-hybridized carbons (Fsp3) is 0.133. The van der Waals surface area contributed by atoms with Crippen LogP contribution in [0.1, 0.15) is 16.5 Å². The van der Waals surface area contributed by atoms with E-state index in [9.17, 15) is 8.42 Å². The molecule has 0 aliphatic rings. The average molecular weight is 340 g/mol. The van der Waals surface area contributed by atoms with E-state index in [-0.39, 0.29) is 20.5 Å². The molecule has 0 radical (unpaired) electrons. The van der Waals surface area contributed by atoms with Gasteiger partial charge >= 0.3 is 5.37 Å². The molecule has 2 aromatic carbocycles. The highest BCUT2D eigenvalue weighted by Gasteiger charge is 2.36. The second-order valence-corrected chi connectivity index (χ2v) is 7.28. The third kappa shape index (κ3) is 3.06. The molecule has 0 aliphatic heterocycles. The van der Waals surface area contributed by atoms with E-state index in [4.69, 9.17) is 29.8 Å². The molecule has 1 atom stereocenters. The predicted octanol–water partition coefficient (Wildman–Crippen LogP) is 4.69. The third-order valence-electron chi connectivity index (χ3n) is 3.01. The van der Waals surface area contributed by atoms with Crippen LogP contribution in [0, 0.1) is 13.5 Å². The van der Waals surface area contributed by atoms with Crippen LogP contribution in [0.2, 0.25) is 10.0 Å². The summed E-state index contributed by atoms with van der Waals surface area (Å²) in [4.78, 5) is 3.34. The normalized spacial score (nSPS) is 12.7. The first kappa shape index (κ1) is 15.8. The van der Waals surface area contributed by atoms with Crippen molar-refractivity contribution in [1.82, 2.24) is 0 Å². The van der Waals surface area contributed by atoms with Crippen molar-refractivity contribution in [3.8, 4) is 0 Å². The van der Waals surface area contributed by atoms with E-state index in [0.717, 1.165) is 5.56 Å². The summed E-state index contributed by atoms with van der Waals surface area (Å²) in [6.07, 6.45) is 0. The Bertz CT molecular complexity index is 809. The fourth-order valence-electron chi connectivity index (χ4n) is 1.87. The van der Waals surface area contributed by atoms with Crippen LogP contribution in [0.25, 0.3) is 4.85 Å². The molecule has 6 heteroatoms. The van der Waals surface area contributed by atoms with Crippen molar-refractivity contribution in [2.45, 2.75) is 17.2 Å². The van der Waals surface area contributed by atoms with E-state index in [2.05, 4.69) is 4.85 Å². The average Bonchev–Trinajstić information content (AvgIpc) is 2.44. The fourth-order valence-corrected chi connectivity index (χ4v) is 3.79. The molecule has 21 heavy (non-hydrogen) atoms. The Labute approximate surface area is 133 Å². The van der Waals surface area contributed by atoms with E-state index in [1.54, 1.807) is 24.3 Å². The lowest BCUT2D eigenvalue weighted by molar-refractivity contribution is 0.590. The summed E-state index contributed by atoms with van der Waals surface area (Å²) >= 11 is 11.9. The van der Waals surface area contributed by atoms with E-state index in [1.165, 1.54) is 18.2 Å². The summed E-state index contributed by atoms with van der Waals surface area (Å²) in [6.45, 7) is 9.11. The number of benzene rings is 2. The second-order valence-electron chi connectivity index (χ2n) is 4.48. The smallest absolute Gasteiger partial charge is 0.291 e. The summed E-state index contributed by atoms with van der Waals surface area (Å²) in [5.41, 5.74) is 1.13. The van der Waals surface area contributed by atoms with Crippen LogP contribution in [0.3, 0.4) is 0 Å². The van der Waals surface area contributed by atoms with Crippen molar-refractivity contribution >= 4 is 33.0 Å². The van der Waals surface area contributed by atoms with Crippen molar-refractivity contribution in [2.24, 2.45) is 0 Å². The van der Waals surface area contributed by atoms with Crippen LogP contribution in [0.15, 0.2) is 47.4 Å². The van der Waals surface area contributed by atoms with Gasteiger partial charge in [-0.25, -0.2) is 15.0 Å². The lowest BCUT2D eigenvalue weighted by atomic mass is 10.2. The van der Waals surface area contributed by atoms with Crippen molar-refractivity contribution < 1.29 is 8.42 Å². The summed E-state index contributed by atoms with van der Waals surface area (Å²) in [6, 6.07) is 11.0. The first-order chi connectivity index (χ1) is 9.87. The number of aryl methyl sites for hydroxylation is 1. The highest BCUT2D eigenvalue weighted by atomic mass is 35.5. The molecule has 0 amide bonds. The van der Waals surface area contributed by atoms with Gasteiger partial charge < -0.3 is 0 Å². The van der Waals surface area contributed by atoms with Crippen LogP contribution >= 0.6 is 23.2 Å². The van der Waals surface area contributed by atoms with Crippen LogP contribution in [0.4, 0.5) is 0 Å². The van der Waals surface area contributed by atoms with Gasteiger partial charge in [0.2, 0.25) is 0 Å². The van der Waals surface area contributed by atoms with Gasteiger partial charge in [0.05, 0.1) is 20.5 Å². The molecule has 0 aliphatic carbocycles. The lowest BCUT2D eigenvalue weighted by Gasteiger charge is -2.10. The molecule has 0 fully saturated rings. The van der Waals surface area contributed by atoms with Crippen molar-refractivity contribution in [2.75, 3.05) is 0 Å². The molecule has 2 rings (SSSR count). The molecule has 0 saturated heterocycles. The first-order valence-electron chi connectivity index (χ1n) is 5.99. The number of nitrogens with zero attached hydrogens (tertiary/aromatic N) is 1. The highest BCUT2D eigenvalue weighted by molar-refractivity contribution is 7.91. The first-order valence-corrected chi connectivity index (χ1v) is 8.29. The van der Waals surface area contributed by atoms with E-state index in [1.807, 2.05) is 6.92 Å². The summed E-state index contributed by atoms with van der Waals surface area (Å²) in [5.74, 6) is 0. The molecule has 0 spiro atoms. The molecule has 0 bridgehead atoms. The van der Waals surface area contributed by atoms with Gasteiger partial charge in [0.1, 0.15) is 0 Å². The van der Waals surface area contributed by atoms with Crippen LogP contribution in [-0.4, -0.2) is 8.42 Å². The van der Waals surface area contributed by atoms with Crippen LogP contribution in [0.5, 0.6) is 0 Å². The molecule has 3 nitrogen and oxygen atoms in total. The van der Waals surface area contributed by atoms with Gasteiger partial charge in [-0.1, -0.05) is 47.0 Å². The van der Waals surface area contributed by atoms with Crippen LogP contribution in [-0.2, 0) is 9.84 Å². The Morgan fingerprint density at radius 1 is 1.10 bits per heavy atom. The number of sulfone groups is 1.